The fourth-order valence-corrected chi connectivity index (χ4v) is 0.522. The second-order valence-corrected chi connectivity index (χ2v) is 1.72. The third-order valence-corrected chi connectivity index (χ3v) is 0.972. The number of urea groups is 1. The Kier molecular flexibility index (Phi) is 1.26. The Balaban J connectivity index is 2.86. The van der Waals surface area contributed by atoms with Crippen molar-refractivity contribution in [3.63, 3.8) is 0 Å². The third-order valence-electron chi connectivity index (χ3n) is 0.972. The number of hydrogen-bond acceptors (Lipinski definition) is 3. The normalized spacial score (nSPS) is 18.4. The highest BCUT2D eigenvalue weighted by Crippen LogP contribution is 1.92. The summed E-state index contributed by atoms with van der Waals surface area (Å²) in [5, 5.41) is 3.80. The molecule has 1 saturated heterocycles. The lowest BCUT2D eigenvalue weighted by Crippen LogP contribution is -2.50. The first-order valence-electron chi connectivity index (χ1n) is 2.47. The molecule has 1 fully saturated rings. The first-order chi connectivity index (χ1) is 4.61. The summed E-state index contributed by atoms with van der Waals surface area (Å²) in [7, 11) is 0. The third kappa shape index (κ3) is 0.883. The van der Waals surface area contributed by atoms with Gasteiger partial charge in [-0.2, -0.15) is 0 Å². The van der Waals surface area contributed by atoms with Gasteiger partial charge in [-0.1, -0.05) is 6.58 Å². The lowest BCUT2D eigenvalue weighted by atomic mass is 10.2. The van der Waals surface area contributed by atoms with E-state index in [1.54, 1.807) is 5.32 Å². The van der Waals surface area contributed by atoms with Crippen LogP contribution < -0.4 is 10.6 Å². The maximum Gasteiger partial charge on any atom is 0.326 e. The van der Waals surface area contributed by atoms with Crippen LogP contribution in [0.25, 0.3) is 0 Å². The maximum absolute atomic E-state index is 10.5. The van der Waals surface area contributed by atoms with Crippen LogP contribution in [0.15, 0.2) is 12.3 Å². The molecule has 3 amide bonds. The predicted octanol–water partition coefficient (Wildman–Crippen LogP) is -1.09. The van der Waals surface area contributed by atoms with Crippen LogP contribution in [0.1, 0.15) is 0 Å². The summed E-state index contributed by atoms with van der Waals surface area (Å²) in [6, 6.07) is -0.713. The van der Waals surface area contributed by atoms with Crippen molar-refractivity contribution in [1.29, 1.82) is 0 Å². The van der Waals surface area contributed by atoms with Crippen LogP contribution >= 0.6 is 0 Å². The Morgan fingerprint density at radius 2 is 1.70 bits per heavy atom. The van der Waals surface area contributed by atoms with Crippen molar-refractivity contribution in [3.8, 4) is 0 Å². The first-order valence-corrected chi connectivity index (χ1v) is 2.47. The van der Waals surface area contributed by atoms with Crippen molar-refractivity contribution in [1.82, 2.24) is 10.6 Å². The van der Waals surface area contributed by atoms with E-state index in [9.17, 15) is 14.4 Å². The minimum Gasteiger partial charge on any atom is -0.304 e. The molecule has 52 valence electrons. The van der Waals surface area contributed by atoms with Crippen LogP contribution in [0.5, 0.6) is 0 Å². The van der Waals surface area contributed by atoms with Gasteiger partial charge in [-0.3, -0.25) is 14.9 Å². The molecule has 0 atom stereocenters. The van der Waals surface area contributed by atoms with Gasteiger partial charge in [0.05, 0.1) is 5.70 Å². The van der Waals surface area contributed by atoms with Gasteiger partial charge in [-0.05, 0) is 0 Å². The molecule has 0 unspecified atom stereocenters. The van der Waals surface area contributed by atoms with E-state index in [2.05, 4.69) is 6.58 Å². The molecule has 5 nitrogen and oxygen atoms in total. The molecule has 1 rings (SSSR count). The van der Waals surface area contributed by atoms with E-state index in [0.717, 1.165) is 0 Å². The van der Waals surface area contributed by atoms with Gasteiger partial charge < -0.3 is 5.32 Å². The Bertz CT molecular complexity index is 221. The van der Waals surface area contributed by atoms with Gasteiger partial charge >= 0.3 is 11.9 Å². The van der Waals surface area contributed by atoms with Gasteiger partial charge in [-0.15, -0.1) is 0 Å². The van der Waals surface area contributed by atoms with Crippen molar-refractivity contribution in [2.24, 2.45) is 0 Å². The Morgan fingerprint density at radius 3 is 2.20 bits per heavy atom. The summed E-state index contributed by atoms with van der Waals surface area (Å²) >= 11 is 0. The molecule has 2 N–H and O–H groups in total. The molecule has 0 aromatic rings. The molecular formula is C5H4N2O3. The molecule has 0 aromatic heterocycles. The number of nitrogens with one attached hydrogen (secondary N) is 2. The molecule has 0 aliphatic carbocycles. The number of hydrogen-bond donors (Lipinski definition) is 2. The molecule has 1 aliphatic rings. The van der Waals surface area contributed by atoms with Crippen molar-refractivity contribution < 1.29 is 14.4 Å². The number of rotatable bonds is 0. The van der Waals surface area contributed by atoms with Crippen LogP contribution in [0.2, 0.25) is 0 Å². The molecule has 0 radical (unpaired) electrons. The van der Waals surface area contributed by atoms with E-state index in [-0.39, 0.29) is 5.70 Å². The Hall–Kier alpha value is -1.65. The molecule has 5 heteroatoms. The van der Waals surface area contributed by atoms with Gasteiger partial charge in [0, 0.05) is 0 Å². The van der Waals surface area contributed by atoms with Crippen LogP contribution in [-0.4, -0.2) is 17.7 Å². The van der Waals surface area contributed by atoms with E-state index < -0.39 is 17.7 Å². The van der Waals surface area contributed by atoms with E-state index in [1.807, 2.05) is 5.32 Å². The zero-order valence-electron chi connectivity index (χ0n) is 4.93. The van der Waals surface area contributed by atoms with Crippen LogP contribution in [0, 0.1) is 0 Å². The summed E-state index contributed by atoms with van der Waals surface area (Å²) < 4.78 is 0. The summed E-state index contributed by atoms with van der Waals surface area (Å²) in [5.41, 5.74) is -0.186. The lowest BCUT2D eigenvalue weighted by molar-refractivity contribution is -0.135. The SMILES string of the molecule is C=C1NC(=O)NC(=O)C1=O. The summed E-state index contributed by atoms with van der Waals surface area (Å²) in [6.07, 6.45) is 0. The monoisotopic (exact) mass is 140 g/mol. The van der Waals surface area contributed by atoms with Gasteiger partial charge in [0.15, 0.2) is 0 Å². The largest absolute Gasteiger partial charge is 0.326 e. The van der Waals surface area contributed by atoms with E-state index in [1.165, 1.54) is 0 Å². The van der Waals surface area contributed by atoms with E-state index >= 15 is 0 Å². The average Bonchev–Trinajstić information content (AvgIpc) is 1.82. The Morgan fingerprint density at radius 1 is 1.10 bits per heavy atom. The number of carbonyl (C=O) groups is 3. The first kappa shape index (κ1) is 6.47. The fourth-order valence-electron chi connectivity index (χ4n) is 0.522. The molecule has 10 heavy (non-hydrogen) atoms. The van der Waals surface area contributed by atoms with Gasteiger partial charge in [0.2, 0.25) is 0 Å². The zero-order valence-corrected chi connectivity index (χ0v) is 4.93. The minimum atomic E-state index is -0.936. The predicted molar refractivity (Wildman–Crippen MR) is 30.8 cm³/mol. The summed E-state index contributed by atoms with van der Waals surface area (Å²) in [5.74, 6) is -1.74. The minimum absolute atomic E-state index is 0.186. The molecule has 1 aliphatic heterocycles. The van der Waals surface area contributed by atoms with Crippen molar-refractivity contribution >= 4 is 17.7 Å². The highest BCUT2D eigenvalue weighted by Gasteiger charge is 2.26. The van der Waals surface area contributed by atoms with E-state index in [4.69, 9.17) is 0 Å². The van der Waals surface area contributed by atoms with Gasteiger partial charge in [-0.25, -0.2) is 4.79 Å². The average molecular weight is 140 g/mol. The number of carbonyl (C=O) groups excluding carboxylic acids is 3. The van der Waals surface area contributed by atoms with Crippen molar-refractivity contribution in [3.05, 3.63) is 12.3 Å². The molecular weight excluding hydrogens is 136 g/mol. The molecule has 0 spiro atoms. The number of ketones is 1. The highest BCUT2D eigenvalue weighted by atomic mass is 16.2. The van der Waals surface area contributed by atoms with Gasteiger partial charge in [0.25, 0.3) is 5.78 Å². The highest BCUT2D eigenvalue weighted by molar-refractivity contribution is 6.46. The van der Waals surface area contributed by atoms with Crippen LogP contribution in [-0.2, 0) is 9.59 Å². The van der Waals surface area contributed by atoms with Crippen molar-refractivity contribution in [2.75, 3.05) is 0 Å². The zero-order chi connectivity index (χ0) is 7.72. The fraction of sp³-hybridized carbons (Fsp3) is 0. The summed E-state index contributed by atoms with van der Waals surface area (Å²) in [4.78, 5) is 31.4. The van der Waals surface area contributed by atoms with Crippen LogP contribution in [0.4, 0.5) is 4.79 Å². The maximum atomic E-state index is 10.5. The second kappa shape index (κ2) is 1.94. The number of imide groups is 1. The quantitative estimate of drug-likeness (QED) is 0.331. The molecule has 0 bridgehead atoms. The van der Waals surface area contributed by atoms with Crippen molar-refractivity contribution in [2.45, 2.75) is 0 Å². The smallest absolute Gasteiger partial charge is 0.304 e. The summed E-state index contributed by atoms with van der Waals surface area (Å²) in [6.45, 7) is 3.15. The van der Waals surface area contributed by atoms with E-state index in [0.29, 0.717) is 0 Å². The Labute approximate surface area is 56.1 Å². The standard InChI is InChI=1S/C5H4N2O3/c1-2-3(8)4(9)7-5(10)6-2/h1H2,(H2,6,7,9,10). The molecule has 0 saturated carbocycles. The van der Waals surface area contributed by atoms with Crippen LogP contribution in [0.3, 0.4) is 0 Å². The molecule has 1 heterocycles. The number of amides is 3. The second-order valence-electron chi connectivity index (χ2n) is 1.72. The topological polar surface area (TPSA) is 75.3 Å². The lowest BCUT2D eigenvalue weighted by Gasteiger charge is -2.12. The molecule has 0 aromatic carbocycles. The van der Waals surface area contributed by atoms with Gasteiger partial charge in [0.1, 0.15) is 0 Å². The number of Topliss-reactive ketones (excluding diaryl/α,β-unsaturated/α-hetero) is 1.